The second-order valence-electron chi connectivity index (χ2n) is 4.19. The van der Waals surface area contributed by atoms with Gasteiger partial charge in [-0.25, -0.2) is 13.2 Å². The lowest BCUT2D eigenvalue weighted by Gasteiger charge is -2.08. The zero-order chi connectivity index (χ0) is 15.5. The molecule has 0 saturated heterocycles. The van der Waals surface area contributed by atoms with Crippen LogP contribution in [0, 0.1) is 0 Å². The fraction of sp³-hybridized carbons (Fsp3) is 0.0769. The van der Waals surface area contributed by atoms with E-state index in [0.717, 1.165) is 6.08 Å². The molecule has 0 aliphatic carbocycles. The molecule has 0 fully saturated rings. The molecule has 0 unspecified atom stereocenters. The molecule has 7 nitrogen and oxygen atoms in total. The van der Waals surface area contributed by atoms with Crippen LogP contribution in [0.3, 0.4) is 0 Å². The van der Waals surface area contributed by atoms with E-state index < -0.39 is 16.0 Å². The van der Waals surface area contributed by atoms with E-state index in [0.29, 0.717) is 11.4 Å². The number of carboxylic acid groups (broad SMARTS) is 1. The van der Waals surface area contributed by atoms with Gasteiger partial charge in [0.05, 0.1) is 11.1 Å². The molecular formula is C13H13N3O4S. The normalized spacial score (nSPS) is 11.7. The molecule has 2 aromatic rings. The molecule has 0 aliphatic heterocycles. The van der Waals surface area contributed by atoms with Gasteiger partial charge in [-0.1, -0.05) is 12.1 Å². The number of sulfonamides is 1. The van der Waals surface area contributed by atoms with Gasteiger partial charge in [0.15, 0.2) is 0 Å². The van der Waals surface area contributed by atoms with Crippen molar-refractivity contribution >= 4 is 27.9 Å². The van der Waals surface area contributed by atoms with Crippen molar-refractivity contribution in [1.82, 2.24) is 9.78 Å². The quantitative estimate of drug-likeness (QED) is 0.811. The first-order chi connectivity index (χ1) is 9.88. The highest BCUT2D eigenvalue weighted by Crippen LogP contribution is 2.16. The fourth-order valence-corrected chi connectivity index (χ4v) is 2.68. The van der Waals surface area contributed by atoms with Gasteiger partial charge in [0.1, 0.15) is 5.82 Å². The summed E-state index contributed by atoms with van der Waals surface area (Å²) in [6.45, 7) is 0. The summed E-state index contributed by atoms with van der Waals surface area (Å²) >= 11 is 0. The van der Waals surface area contributed by atoms with E-state index in [1.54, 1.807) is 13.1 Å². The van der Waals surface area contributed by atoms with Crippen LogP contribution < -0.4 is 4.72 Å². The molecule has 0 bridgehead atoms. The topological polar surface area (TPSA) is 101 Å². The number of hydrogen-bond donors (Lipinski definition) is 2. The van der Waals surface area contributed by atoms with Crippen molar-refractivity contribution in [3.8, 4) is 0 Å². The Morgan fingerprint density at radius 3 is 2.48 bits per heavy atom. The first-order valence-corrected chi connectivity index (χ1v) is 7.39. The minimum atomic E-state index is -3.71. The summed E-state index contributed by atoms with van der Waals surface area (Å²) in [4.78, 5) is 10.5. The second-order valence-corrected chi connectivity index (χ2v) is 5.87. The molecule has 0 saturated carbocycles. The zero-order valence-electron chi connectivity index (χ0n) is 11.1. The smallest absolute Gasteiger partial charge is 0.328 e. The first-order valence-electron chi connectivity index (χ1n) is 5.90. The van der Waals surface area contributed by atoms with Gasteiger partial charge in [-0.3, -0.25) is 9.40 Å². The standard InChI is InChI=1S/C13H13N3O4S/c1-16-12(8-9-14-16)15-21(19,20)11-5-2-10(3-6-11)4-7-13(17)18/h2-9,15H,1H3,(H,17,18). The summed E-state index contributed by atoms with van der Waals surface area (Å²) in [5.74, 6) is -0.713. The number of aryl methyl sites for hydroxylation is 1. The van der Waals surface area contributed by atoms with Crippen LogP contribution in [0.4, 0.5) is 5.82 Å². The van der Waals surface area contributed by atoms with Gasteiger partial charge in [-0.2, -0.15) is 5.10 Å². The zero-order valence-corrected chi connectivity index (χ0v) is 11.9. The Bertz CT molecular complexity index is 776. The summed E-state index contributed by atoms with van der Waals surface area (Å²) < 4.78 is 28.1. The Labute approximate surface area is 121 Å². The van der Waals surface area contributed by atoms with E-state index in [1.807, 2.05) is 0 Å². The SMILES string of the molecule is Cn1nccc1NS(=O)(=O)c1ccc(C=CC(=O)O)cc1. The summed E-state index contributed by atoms with van der Waals surface area (Å²) in [5, 5.41) is 12.4. The van der Waals surface area contributed by atoms with Crippen molar-refractivity contribution in [2.24, 2.45) is 7.05 Å². The Morgan fingerprint density at radius 1 is 1.29 bits per heavy atom. The van der Waals surface area contributed by atoms with Gasteiger partial charge in [0.2, 0.25) is 0 Å². The van der Waals surface area contributed by atoms with Crippen LogP contribution in [0.2, 0.25) is 0 Å². The van der Waals surface area contributed by atoms with Gasteiger partial charge >= 0.3 is 5.97 Å². The third kappa shape index (κ3) is 3.69. The molecule has 2 rings (SSSR count). The van der Waals surface area contributed by atoms with Gasteiger partial charge in [-0.15, -0.1) is 0 Å². The number of carboxylic acids is 1. The lowest BCUT2D eigenvalue weighted by Crippen LogP contribution is -2.15. The summed E-state index contributed by atoms with van der Waals surface area (Å²) in [6.07, 6.45) is 3.85. The fourth-order valence-electron chi connectivity index (χ4n) is 1.60. The molecule has 0 aliphatic rings. The molecule has 1 heterocycles. The number of hydrogen-bond acceptors (Lipinski definition) is 4. The lowest BCUT2D eigenvalue weighted by atomic mass is 10.2. The highest BCUT2D eigenvalue weighted by molar-refractivity contribution is 7.92. The van der Waals surface area contributed by atoms with E-state index >= 15 is 0 Å². The van der Waals surface area contributed by atoms with Crippen LogP contribution in [-0.4, -0.2) is 29.3 Å². The van der Waals surface area contributed by atoms with Crippen molar-refractivity contribution in [3.05, 3.63) is 48.2 Å². The summed E-state index contributed by atoms with van der Waals surface area (Å²) in [6, 6.07) is 7.40. The van der Waals surface area contributed by atoms with Crippen LogP contribution in [0.15, 0.2) is 47.5 Å². The number of nitrogens with one attached hydrogen (secondary N) is 1. The van der Waals surface area contributed by atoms with E-state index in [2.05, 4.69) is 9.82 Å². The third-order valence-corrected chi connectivity index (χ3v) is 4.04. The van der Waals surface area contributed by atoms with Crippen LogP contribution in [-0.2, 0) is 21.9 Å². The maximum Gasteiger partial charge on any atom is 0.328 e. The maximum atomic E-state index is 12.2. The van der Waals surface area contributed by atoms with Crippen LogP contribution >= 0.6 is 0 Å². The number of carbonyl (C=O) groups is 1. The number of anilines is 1. The predicted octanol–water partition coefficient (Wildman–Crippen LogP) is 1.32. The molecule has 8 heteroatoms. The molecule has 0 spiro atoms. The number of nitrogens with zero attached hydrogens (tertiary/aromatic N) is 2. The van der Waals surface area contributed by atoms with Crippen molar-refractivity contribution in [2.75, 3.05) is 4.72 Å². The molecule has 110 valence electrons. The average molecular weight is 307 g/mol. The molecule has 21 heavy (non-hydrogen) atoms. The Morgan fingerprint density at radius 2 is 1.95 bits per heavy atom. The minimum absolute atomic E-state index is 0.0798. The predicted molar refractivity (Wildman–Crippen MR) is 77.1 cm³/mol. The molecule has 1 aromatic carbocycles. The van der Waals surface area contributed by atoms with E-state index in [9.17, 15) is 13.2 Å². The van der Waals surface area contributed by atoms with Gasteiger partial charge in [-0.05, 0) is 23.8 Å². The Balaban J connectivity index is 2.21. The summed E-state index contributed by atoms with van der Waals surface area (Å²) in [7, 11) is -2.08. The highest BCUT2D eigenvalue weighted by Gasteiger charge is 2.15. The van der Waals surface area contributed by atoms with Crippen molar-refractivity contribution < 1.29 is 18.3 Å². The molecule has 0 amide bonds. The molecule has 2 N–H and O–H groups in total. The van der Waals surface area contributed by atoms with Gasteiger partial charge < -0.3 is 5.11 Å². The van der Waals surface area contributed by atoms with Crippen molar-refractivity contribution in [1.29, 1.82) is 0 Å². The number of aliphatic carboxylic acids is 1. The molecule has 1 aromatic heterocycles. The largest absolute Gasteiger partial charge is 0.478 e. The van der Waals surface area contributed by atoms with Gasteiger partial charge in [0.25, 0.3) is 10.0 Å². The third-order valence-electron chi connectivity index (χ3n) is 2.67. The Kier molecular flexibility index (Phi) is 4.08. The van der Waals surface area contributed by atoms with Crippen LogP contribution in [0.1, 0.15) is 5.56 Å². The van der Waals surface area contributed by atoms with Crippen molar-refractivity contribution in [2.45, 2.75) is 4.90 Å². The van der Waals surface area contributed by atoms with Crippen molar-refractivity contribution in [3.63, 3.8) is 0 Å². The summed E-state index contributed by atoms with van der Waals surface area (Å²) in [5.41, 5.74) is 0.594. The van der Waals surface area contributed by atoms with E-state index in [1.165, 1.54) is 41.2 Å². The monoisotopic (exact) mass is 307 g/mol. The van der Waals surface area contributed by atoms with E-state index in [-0.39, 0.29) is 4.90 Å². The van der Waals surface area contributed by atoms with E-state index in [4.69, 9.17) is 5.11 Å². The minimum Gasteiger partial charge on any atom is -0.478 e. The maximum absolute atomic E-state index is 12.2. The molecule has 0 radical (unpaired) electrons. The molecular weight excluding hydrogens is 294 g/mol. The second kappa shape index (κ2) is 5.80. The number of benzene rings is 1. The molecule has 0 atom stereocenters. The number of aromatic nitrogens is 2. The lowest BCUT2D eigenvalue weighted by molar-refractivity contribution is -0.131. The van der Waals surface area contributed by atoms with Crippen LogP contribution in [0.5, 0.6) is 0 Å². The first kappa shape index (κ1) is 14.8. The average Bonchev–Trinajstić information content (AvgIpc) is 2.82. The Hall–Kier alpha value is -2.61. The van der Waals surface area contributed by atoms with Gasteiger partial charge in [0, 0.05) is 19.2 Å². The highest BCUT2D eigenvalue weighted by atomic mass is 32.2. The number of rotatable bonds is 5. The van der Waals surface area contributed by atoms with Crippen LogP contribution in [0.25, 0.3) is 6.08 Å².